The highest BCUT2D eigenvalue weighted by molar-refractivity contribution is 7.75. The van der Waals surface area contributed by atoms with E-state index in [4.69, 9.17) is 11.6 Å². The predicted molar refractivity (Wildman–Crippen MR) is 113 cm³/mol. The van der Waals surface area contributed by atoms with E-state index in [0.717, 1.165) is 0 Å². The molecular weight excluding hydrogens is 429 g/mol. The molecule has 4 aromatic rings. The first-order chi connectivity index (χ1) is 14.5. The first kappa shape index (κ1) is 20.1. The Morgan fingerprint density at radius 3 is 2.57 bits per heavy atom. The SMILES string of the molecule is O=C(OS)c1ncc2cc(C(=O)Cc3ccccc3Cl)n(-c3ccc(F)cc3)c2n1. The van der Waals surface area contributed by atoms with Crippen molar-refractivity contribution in [3.8, 4) is 5.69 Å². The first-order valence-electron chi connectivity index (χ1n) is 8.74. The van der Waals surface area contributed by atoms with Crippen LogP contribution in [-0.4, -0.2) is 26.3 Å². The monoisotopic (exact) mass is 441 g/mol. The Hall–Kier alpha value is -3.23. The van der Waals surface area contributed by atoms with Crippen LogP contribution in [0.3, 0.4) is 0 Å². The number of benzene rings is 2. The van der Waals surface area contributed by atoms with Crippen molar-refractivity contribution in [1.82, 2.24) is 14.5 Å². The second-order valence-corrected chi connectivity index (χ2v) is 6.97. The van der Waals surface area contributed by atoms with Gasteiger partial charge in [-0.05, 0) is 42.0 Å². The minimum Gasteiger partial charge on any atom is -0.389 e. The summed E-state index contributed by atoms with van der Waals surface area (Å²) in [6.07, 6.45) is 1.46. The number of nitrogens with zero attached hydrogens (tertiary/aromatic N) is 3. The molecule has 0 aliphatic heterocycles. The highest BCUT2D eigenvalue weighted by Gasteiger charge is 2.21. The maximum Gasteiger partial charge on any atom is 0.388 e. The summed E-state index contributed by atoms with van der Waals surface area (Å²) in [6.45, 7) is 0. The second kappa shape index (κ2) is 8.25. The summed E-state index contributed by atoms with van der Waals surface area (Å²) in [5.74, 6) is -1.71. The van der Waals surface area contributed by atoms with Crippen molar-refractivity contribution in [1.29, 1.82) is 0 Å². The summed E-state index contributed by atoms with van der Waals surface area (Å²) in [6, 6.07) is 14.2. The van der Waals surface area contributed by atoms with E-state index in [0.29, 0.717) is 33.0 Å². The van der Waals surface area contributed by atoms with Crippen LogP contribution in [0.15, 0.2) is 60.8 Å². The molecular formula is C21H13ClFN3O3S. The van der Waals surface area contributed by atoms with Gasteiger partial charge < -0.3 is 4.18 Å². The van der Waals surface area contributed by atoms with Crippen LogP contribution < -0.4 is 0 Å². The fraction of sp³-hybridized carbons (Fsp3) is 0.0476. The first-order valence-corrected chi connectivity index (χ1v) is 9.49. The van der Waals surface area contributed by atoms with E-state index in [9.17, 15) is 14.0 Å². The predicted octanol–water partition coefficient (Wildman–Crippen LogP) is 4.64. The lowest BCUT2D eigenvalue weighted by molar-refractivity contribution is 0.0760. The van der Waals surface area contributed by atoms with Crippen molar-refractivity contribution in [2.45, 2.75) is 6.42 Å². The summed E-state index contributed by atoms with van der Waals surface area (Å²) < 4.78 is 19.4. The zero-order valence-corrected chi connectivity index (χ0v) is 16.9. The third kappa shape index (κ3) is 3.79. The van der Waals surface area contributed by atoms with Crippen LogP contribution in [0.25, 0.3) is 16.7 Å². The van der Waals surface area contributed by atoms with Crippen molar-refractivity contribution < 1.29 is 18.2 Å². The number of halogens is 2. The average Bonchev–Trinajstić information content (AvgIpc) is 3.14. The summed E-state index contributed by atoms with van der Waals surface area (Å²) in [7, 11) is 0. The van der Waals surface area contributed by atoms with Gasteiger partial charge in [-0.25, -0.2) is 19.2 Å². The molecule has 0 amide bonds. The molecule has 0 spiro atoms. The molecule has 30 heavy (non-hydrogen) atoms. The van der Waals surface area contributed by atoms with Crippen molar-refractivity contribution >= 4 is 47.3 Å². The molecule has 4 rings (SSSR count). The molecule has 0 radical (unpaired) electrons. The van der Waals surface area contributed by atoms with Crippen LogP contribution in [0, 0.1) is 5.82 Å². The standard InChI is InChI=1S/C21H13ClFN3O3S/c22-16-4-2-1-3-12(16)10-18(27)17-9-13-11-24-19(21(28)29-30)25-20(13)26(17)15-7-5-14(23)6-8-15/h1-9,11,30H,10H2. The van der Waals surface area contributed by atoms with Gasteiger partial charge in [0, 0.05) is 41.6 Å². The molecule has 9 heteroatoms. The molecule has 0 aliphatic rings. The molecule has 6 nitrogen and oxygen atoms in total. The van der Waals surface area contributed by atoms with Gasteiger partial charge in [0.25, 0.3) is 0 Å². The van der Waals surface area contributed by atoms with E-state index in [1.807, 2.05) is 0 Å². The summed E-state index contributed by atoms with van der Waals surface area (Å²) in [5.41, 5.74) is 1.76. The van der Waals surface area contributed by atoms with E-state index < -0.39 is 11.8 Å². The number of fused-ring (bicyclic) bond motifs is 1. The van der Waals surface area contributed by atoms with Crippen LogP contribution in [0.1, 0.15) is 26.7 Å². The number of thiol groups is 1. The quantitative estimate of drug-likeness (QED) is 0.277. The van der Waals surface area contributed by atoms with Crippen molar-refractivity contribution in [3.63, 3.8) is 0 Å². The van der Waals surface area contributed by atoms with Crippen molar-refractivity contribution in [3.05, 3.63) is 88.7 Å². The molecule has 0 atom stereocenters. The molecule has 2 aromatic carbocycles. The van der Waals surface area contributed by atoms with Gasteiger partial charge in [0.15, 0.2) is 5.78 Å². The van der Waals surface area contributed by atoms with Crippen LogP contribution in [0.4, 0.5) is 4.39 Å². The smallest absolute Gasteiger partial charge is 0.388 e. The van der Waals surface area contributed by atoms with Gasteiger partial charge in [0.2, 0.25) is 5.82 Å². The summed E-state index contributed by atoms with van der Waals surface area (Å²) in [5, 5.41) is 1.01. The zero-order chi connectivity index (χ0) is 21.3. The second-order valence-electron chi connectivity index (χ2n) is 6.38. The fourth-order valence-corrected chi connectivity index (χ4v) is 3.37. The highest BCUT2D eigenvalue weighted by Crippen LogP contribution is 2.26. The Kier molecular flexibility index (Phi) is 5.52. The van der Waals surface area contributed by atoms with Gasteiger partial charge >= 0.3 is 5.97 Å². The Morgan fingerprint density at radius 2 is 1.87 bits per heavy atom. The normalized spacial score (nSPS) is 10.9. The number of carbonyl (C=O) groups is 2. The Bertz CT molecular complexity index is 1270. The summed E-state index contributed by atoms with van der Waals surface area (Å²) >= 11 is 9.69. The number of Topliss-reactive ketones (excluding diaryl/α,β-unsaturated/α-hetero) is 1. The van der Waals surface area contributed by atoms with Crippen LogP contribution in [-0.2, 0) is 10.6 Å². The highest BCUT2D eigenvalue weighted by atomic mass is 35.5. The van der Waals surface area contributed by atoms with E-state index in [-0.39, 0.29) is 18.0 Å². The van der Waals surface area contributed by atoms with Crippen molar-refractivity contribution in [2.75, 3.05) is 0 Å². The Balaban J connectivity index is 1.88. The van der Waals surface area contributed by atoms with Crippen LogP contribution in [0.2, 0.25) is 5.02 Å². The minimum absolute atomic E-state index is 0.0517. The lowest BCUT2D eigenvalue weighted by Gasteiger charge is -2.10. The molecule has 0 N–H and O–H groups in total. The molecule has 2 heterocycles. The molecule has 0 fully saturated rings. The van der Waals surface area contributed by atoms with E-state index in [2.05, 4.69) is 27.1 Å². The van der Waals surface area contributed by atoms with Crippen molar-refractivity contribution in [2.24, 2.45) is 0 Å². The van der Waals surface area contributed by atoms with Gasteiger partial charge in [0.1, 0.15) is 11.5 Å². The number of hydrogen-bond acceptors (Lipinski definition) is 6. The minimum atomic E-state index is -0.837. The number of rotatable bonds is 5. The number of carbonyl (C=O) groups excluding carboxylic acids is 2. The number of ketones is 1. The zero-order valence-electron chi connectivity index (χ0n) is 15.3. The third-order valence-corrected chi connectivity index (χ3v) is 5.02. The maximum absolute atomic E-state index is 13.5. The van der Waals surface area contributed by atoms with Gasteiger partial charge in [-0.2, -0.15) is 0 Å². The average molecular weight is 442 g/mol. The van der Waals surface area contributed by atoms with E-state index in [1.54, 1.807) is 34.9 Å². The lowest BCUT2D eigenvalue weighted by atomic mass is 10.1. The van der Waals surface area contributed by atoms with Gasteiger partial charge in [-0.15, -0.1) is 0 Å². The van der Waals surface area contributed by atoms with Gasteiger partial charge in [-0.1, -0.05) is 29.8 Å². The Morgan fingerprint density at radius 1 is 1.13 bits per heavy atom. The number of hydrogen-bond donors (Lipinski definition) is 1. The molecule has 0 aliphatic carbocycles. The van der Waals surface area contributed by atoms with E-state index in [1.165, 1.54) is 30.5 Å². The largest absolute Gasteiger partial charge is 0.389 e. The van der Waals surface area contributed by atoms with Gasteiger partial charge in [0.05, 0.1) is 5.69 Å². The number of aromatic nitrogens is 3. The van der Waals surface area contributed by atoms with Gasteiger partial charge in [-0.3, -0.25) is 9.36 Å². The Labute approximate surface area is 180 Å². The van der Waals surface area contributed by atoms with Crippen LogP contribution in [0.5, 0.6) is 0 Å². The lowest BCUT2D eigenvalue weighted by Crippen LogP contribution is -2.12. The molecule has 0 saturated heterocycles. The van der Waals surface area contributed by atoms with E-state index >= 15 is 0 Å². The molecule has 0 unspecified atom stereocenters. The topological polar surface area (TPSA) is 74.1 Å². The molecule has 2 aromatic heterocycles. The molecule has 0 bridgehead atoms. The fourth-order valence-electron chi connectivity index (χ4n) is 3.09. The molecule has 150 valence electrons. The molecule has 0 saturated carbocycles. The maximum atomic E-state index is 13.5. The third-order valence-electron chi connectivity index (χ3n) is 4.49. The van der Waals surface area contributed by atoms with Crippen LogP contribution >= 0.6 is 24.5 Å². The summed E-state index contributed by atoms with van der Waals surface area (Å²) in [4.78, 5) is 33.2.